The molecule has 4 nitrogen and oxygen atoms in total. The number of rotatable bonds is 0. The zero-order valence-corrected chi connectivity index (χ0v) is 22.8. The number of hydrogen-bond acceptors (Lipinski definition) is 4. The first-order valence-electron chi connectivity index (χ1n) is 9.90. The van der Waals surface area contributed by atoms with Gasteiger partial charge in [-0.15, -0.1) is 0 Å². The van der Waals surface area contributed by atoms with Gasteiger partial charge in [-0.2, -0.15) is 0 Å². The SMILES string of the molecule is Cc1ccnc2c1ccc1cccnc12.Cc1ccnc2c1ccc1cccnc12.[Cl-].[Cl-].[Zn+2]. The van der Waals surface area contributed by atoms with E-state index in [1.165, 1.54) is 21.9 Å². The molecule has 0 unspecified atom stereocenters. The van der Waals surface area contributed by atoms with E-state index in [0.29, 0.717) is 0 Å². The molecule has 0 aliphatic rings. The fourth-order valence-electron chi connectivity index (χ4n) is 3.78. The van der Waals surface area contributed by atoms with Gasteiger partial charge in [-0.05, 0) is 49.2 Å². The van der Waals surface area contributed by atoms with Crippen LogP contribution in [0.25, 0.3) is 43.6 Å². The number of hydrogen-bond donors (Lipinski definition) is 0. The van der Waals surface area contributed by atoms with Crippen molar-refractivity contribution in [1.29, 1.82) is 0 Å². The predicted molar refractivity (Wildman–Crippen MR) is 124 cm³/mol. The van der Waals surface area contributed by atoms with E-state index >= 15 is 0 Å². The summed E-state index contributed by atoms with van der Waals surface area (Å²) in [6.45, 7) is 4.19. The third kappa shape index (κ3) is 5.11. The number of benzene rings is 2. The molecule has 0 saturated heterocycles. The second-order valence-corrected chi connectivity index (χ2v) is 7.33. The summed E-state index contributed by atoms with van der Waals surface area (Å²) in [4.78, 5) is 17.6. The van der Waals surface area contributed by atoms with Gasteiger partial charge in [-0.1, -0.05) is 36.4 Å². The van der Waals surface area contributed by atoms with Gasteiger partial charge >= 0.3 is 19.5 Å². The number of fused-ring (bicyclic) bond motifs is 6. The average Bonchev–Trinajstić information content (AvgIpc) is 2.80. The van der Waals surface area contributed by atoms with Gasteiger partial charge in [0.1, 0.15) is 0 Å². The summed E-state index contributed by atoms with van der Waals surface area (Å²) in [5, 5.41) is 4.65. The van der Waals surface area contributed by atoms with E-state index in [2.05, 4.69) is 70.2 Å². The van der Waals surface area contributed by atoms with Crippen LogP contribution in [0.5, 0.6) is 0 Å². The van der Waals surface area contributed by atoms with Crippen LogP contribution >= 0.6 is 0 Å². The van der Waals surface area contributed by atoms with Crippen molar-refractivity contribution in [3.8, 4) is 0 Å². The van der Waals surface area contributed by atoms with Gasteiger partial charge in [0.15, 0.2) is 0 Å². The molecule has 0 bridgehead atoms. The summed E-state index contributed by atoms with van der Waals surface area (Å²) in [5.74, 6) is 0. The molecule has 2 aromatic carbocycles. The average molecular weight is 525 g/mol. The molecule has 33 heavy (non-hydrogen) atoms. The Hall–Kier alpha value is -2.72. The maximum atomic E-state index is 4.41. The van der Waals surface area contributed by atoms with Crippen molar-refractivity contribution in [2.45, 2.75) is 13.8 Å². The summed E-state index contributed by atoms with van der Waals surface area (Å²) in [6.07, 6.45) is 7.30. The first-order chi connectivity index (χ1) is 14.7. The number of pyridine rings is 4. The first kappa shape index (κ1) is 26.5. The van der Waals surface area contributed by atoms with Crippen LogP contribution in [0.15, 0.2) is 85.5 Å². The van der Waals surface area contributed by atoms with Crippen LogP contribution < -0.4 is 24.8 Å². The molecule has 7 heteroatoms. The molecule has 4 aromatic heterocycles. The first-order valence-corrected chi connectivity index (χ1v) is 9.90. The van der Waals surface area contributed by atoms with E-state index < -0.39 is 0 Å². The maximum Gasteiger partial charge on any atom is 2.00 e. The zero-order valence-electron chi connectivity index (χ0n) is 18.3. The molecule has 0 radical (unpaired) electrons. The normalized spacial score (nSPS) is 10.0. The van der Waals surface area contributed by atoms with Crippen LogP contribution in [-0.4, -0.2) is 19.9 Å². The zero-order chi connectivity index (χ0) is 20.5. The summed E-state index contributed by atoms with van der Waals surface area (Å²) < 4.78 is 0. The summed E-state index contributed by atoms with van der Waals surface area (Å²) in [7, 11) is 0. The van der Waals surface area contributed by atoms with Crippen molar-refractivity contribution in [2.75, 3.05) is 0 Å². The Bertz CT molecular complexity index is 1420. The van der Waals surface area contributed by atoms with Gasteiger partial charge in [0.05, 0.1) is 22.1 Å². The summed E-state index contributed by atoms with van der Waals surface area (Å²) in [6, 6.07) is 20.5. The second kappa shape index (κ2) is 11.4. The number of halogens is 2. The molecule has 6 aromatic rings. The molecular weight excluding hydrogens is 505 g/mol. The Morgan fingerprint density at radius 2 is 0.848 bits per heavy atom. The van der Waals surface area contributed by atoms with Crippen LogP contribution in [-0.2, 0) is 19.5 Å². The van der Waals surface area contributed by atoms with Crippen LogP contribution in [0.3, 0.4) is 0 Å². The van der Waals surface area contributed by atoms with Gasteiger partial charge < -0.3 is 24.8 Å². The van der Waals surface area contributed by atoms with Gasteiger partial charge in [0.2, 0.25) is 0 Å². The van der Waals surface area contributed by atoms with E-state index in [4.69, 9.17) is 0 Å². The van der Waals surface area contributed by atoms with Crippen molar-refractivity contribution in [3.63, 3.8) is 0 Å². The van der Waals surface area contributed by atoms with Crippen molar-refractivity contribution in [3.05, 3.63) is 96.6 Å². The molecule has 0 fully saturated rings. The van der Waals surface area contributed by atoms with Crippen molar-refractivity contribution < 1.29 is 44.3 Å². The van der Waals surface area contributed by atoms with Crippen LogP contribution in [0.4, 0.5) is 0 Å². The van der Waals surface area contributed by atoms with Gasteiger partial charge in [0, 0.05) is 46.3 Å². The van der Waals surface area contributed by atoms with Crippen LogP contribution in [0.1, 0.15) is 11.1 Å². The molecule has 0 spiro atoms. The molecule has 160 valence electrons. The van der Waals surface area contributed by atoms with Gasteiger partial charge in [-0.3, -0.25) is 19.9 Å². The van der Waals surface area contributed by atoms with Crippen LogP contribution in [0, 0.1) is 13.8 Å². The Morgan fingerprint density at radius 1 is 0.455 bits per heavy atom. The Morgan fingerprint density at radius 3 is 1.27 bits per heavy atom. The molecule has 0 saturated carbocycles. The number of aromatic nitrogens is 4. The third-order valence-corrected chi connectivity index (χ3v) is 5.40. The smallest absolute Gasteiger partial charge is 1.00 e. The standard InChI is InChI=1S/2C13H10N2.2ClH.Zn/c2*1-9-6-8-15-13-11(9)5-4-10-3-2-7-14-12(10)13;;;/h2*2-8H,1H3;2*1H;/q;;;;+2/p-2. The molecule has 0 aliphatic carbocycles. The van der Waals surface area contributed by atoms with Gasteiger partial charge in [-0.25, -0.2) is 0 Å². The molecular formula is C26H20Cl2N4Zn. The van der Waals surface area contributed by atoms with E-state index in [1.54, 1.807) is 0 Å². The number of aryl methyl sites for hydroxylation is 2. The minimum Gasteiger partial charge on any atom is -1.00 e. The third-order valence-electron chi connectivity index (χ3n) is 5.40. The maximum absolute atomic E-state index is 4.41. The fourth-order valence-corrected chi connectivity index (χ4v) is 3.78. The molecule has 6 rings (SSSR count). The Labute approximate surface area is 217 Å². The second-order valence-electron chi connectivity index (χ2n) is 7.33. The van der Waals surface area contributed by atoms with Crippen molar-refractivity contribution >= 4 is 43.6 Å². The summed E-state index contributed by atoms with van der Waals surface area (Å²) >= 11 is 0. The van der Waals surface area contributed by atoms with E-state index in [0.717, 1.165) is 32.8 Å². The molecule has 0 atom stereocenters. The predicted octanol–water partition coefficient (Wildman–Crippen LogP) is 0.188. The Kier molecular flexibility index (Phi) is 9.19. The monoisotopic (exact) mass is 522 g/mol. The quantitative estimate of drug-likeness (QED) is 0.210. The Balaban J connectivity index is 0.000000214. The molecule has 0 amide bonds. The largest absolute Gasteiger partial charge is 2.00 e. The topological polar surface area (TPSA) is 51.6 Å². The fraction of sp³-hybridized carbons (Fsp3) is 0.0769. The van der Waals surface area contributed by atoms with E-state index in [1.807, 2.05) is 49.1 Å². The van der Waals surface area contributed by atoms with E-state index in [9.17, 15) is 0 Å². The van der Waals surface area contributed by atoms with Crippen molar-refractivity contribution in [1.82, 2.24) is 19.9 Å². The minimum atomic E-state index is 0. The molecule has 0 N–H and O–H groups in total. The van der Waals surface area contributed by atoms with E-state index in [-0.39, 0.29) is 44.3 Å². The van der Waals surface area contributed by atoms with Gasteiger partial charge in [0.25, 0.3) is 0 Å². The van der Waals surface area contributed by atoms with Crippen LogP contribution in [0.2, 0.25) is 0 Å². The molecule has 4 heterocycles. The number of nitrogens with zero attached hydrogens (tertiary/aromatic N) is 4. The minimum absolute atomic E-state index is 0. The summed E-state index contributed by atoms with van der Waals surface area (Å²) in [5.41, 5.74) is 6.44. The molecule has 0 aliphatic heterocycles. The van der Waals surface area contributed by atoms with Crippen molar-refractivity contribution in [2.24, 2.45) is 0 Å².